The van der Waals surface area contributed by atoms with E-state index in [1.807, 2.05) is 0 Å². The molecule has 0 amide bonds. The van der Waals surface area contributed by atoms with E-state index in [0.717, 1.165) is 6.04 Å². The third kappa shape index (κ3) is 1.31. The maximum atomic E-state index is 2.49. The summed E-state index contributed by atoms with van der Waals surface area (Å²) in [6, 6.07) is 0.778. The molecule has 2 fully saturated rings. The number of hydrogen-bond donors (Lipinski definition) is 0. The Morgan fingerprint density at radius 3 is 2.29 bits per heavy atom. The molecule has 1 spiro atoms. The van der Waals surface area contributed by atoms with Gasteiger partial charge in [0.25, 0.3) is 0 Å². The lowest BCUT2D eigenvalue weighted by Crippen LogP contribution is -2.64. The van der Waals surface area contributed by atoms with Crippen LogP contribution < -0.4 is 0 Å². The Morgan fingerprint density at radius 1 is 1.29 bits per heavy atom. The van der Waals surface area contributed by atoms with Gasteiger partial charge in [-0.1, -0.05) is 13.8 Å². The first-order chi connectivity index (χ1) is 6.37. The highest BCUT2D eigenvalue weighted by Gasteiger charge is 2.60. The van der Waals surface area contributed by atoms with Crippen LogP contribution in [0.15, 0.2) is 0 Å². The molecule has 0 bridgehead atoms. The average molecular weight is 196 g/mol. The van der Waals surface area contributed by atoms with Gasteiger partial charge in [0.15, 0.2) is 0 Å². The van der Waals surface area contributed by atoms with Gasteiger partial charge in [-0.25, -0.2) is 0 Å². The molecule has 0 aromatic carbocycles. The molecule has 2 aliphatic rings. The molecule has 1 aliphatic heterocycles. The summed E-state index contributed by atoms with van der Waals surface area (Å²) in [7, 11) is 6.74. The van der Waals surface area contributed by atoms with Gasteiger partial charge >= 0.3 is 0 Å². The molecule has 82 valence electrons. The zero-order chi connectivity index (χ0) is 10.6. The molecule has 1 saturated heterocycles. The first-order valence-electron chi connectivity index (χ1n) is 5.72. The van der Waals surface area contributed by atoms with E-state index in [9.17, 15) is 0 Å². The van der Waals surface area contributed by atoms with Crippen LogP contribution in [0.4, 0.5) is 0 Å². The first-order valence-corrected chi connectivity index (χ1v) is 5.72. The molecule has 0 radical (unpaired) electrons. The summed E-state index contributed by atoms with van der Waals surface area (Å²) < 4.78 is 0. The van der Waals surface area contributed by atoms with Crippen molar-refractivity contribution in [1.82, 2.24) is 9.80 Å². The van der Waals surface area contributed by atoms with Gasteiger partial charge in [-0.2, -0.15) is 0 Å². The SMILES string of the molecule is CN1CCC2(C1)CC(C)(C)C2N(C)C. The van der Waals surface area contributed by atoms with Crippen molar-refractivity contribution in [3.8, 4) is 0 Å². The lowest BCUT2D eigenvalue weighted by atomic mass is 9.49. The van der Waals surface area contributed by atoms with Crippen LogP contribution >= 0.6 is 0 Å². The van der Waals surface area contributed by atoms with Gasteiger partial charge in [0, 0.05) is 18.0 Å². The molecule has 2 atom stereocenters. The number of rotatable bonds is 1. The summed E-state index contributed by atoms with van der Waals surface area (Å²) in [5.41, 5.74) is 1.14. The molecular weight excluding hydrogens is 172 g/mol. The van der Waals surface area contributed by atoms with Gasteiger partial charge in [0.05, 0.1) is 0 Å². The minimum absolute atomic E-state index is 0.523. The minimum atomic E-state index is 0.523. The lowest BCUT2D eigenvalue weighted by molar-refractivity contribution is -0.110. The molecule has 1 saturated carbocycles. The molecule has 2 heteroatoms. The molecule has 0 aromatic rings. The van der Waals surface area contributed by atoms with E-state index in [4.69, 9.17) is 0 Å². The number of likely N-dealkylation sites (tertiary alicyclic amines) is 1. The summed E-state index contributed by atoms with van der Waals surface area (Å²) in [6.07, 6.45) is 2.81. The molecule has 1 heterocycles. The Labute approximate surface area is 88.3 Å². The molecular formula is C12H24N2. The van der Waals surface area contributed by atoms with Gasteiger partial charge < -0.3 is 9.80 Å². The second-order valence-corrected chi connectivity index (χ2v) is 6.38. The quantitative estimate of drug-likeness (QED) is 0.629. The van der Waals surface area contributed by atoms with Crippen LogP contribution in [0.3, 0.4) is 0 Å². The van der Waals surface area contributed by atoms with Crippen LogP contribution in [-0.2, 0) is 0 Å². The van der Waals surface area contributed by atoms with Crippen LogP contribution in [0.5, 0.6) is 0 Å². The Kier molecular flexibility index (Phi) is 2.20. The zero-order valence-corrected chi connectivity index (χ0v) is 10.3. The second kappa shape index (κ2) is 2.96. The molecule has 14 heavy (non-hydrogen) atoms. The third-order valence-corrected chi connectivity index (χ3v) is 4.22. The Bertz CT molecular complexity index is 234. The first kappa shape index (κ1) is 10.4. The maximum absolute atomic E-state index is 2.49. The summed E-state index contributed by atoms with van der Waals surface area (Å²) in [5.74, 6) is 0. The van der Waals surface area contributed by atoms with Crippen molar-refractivity contribution < 1.29 is 0 Å². The van der Waals surface area contributed by atoms with Gasteiger partial charge in [-0.15, -0.1) is 0 Å². The van der Waals surface area contributed by atoms with Crippen molar-refractivity contribution in [2.75, 3.05) is 34.2 Å². The van der Waals surface area contributed by atoms with Crippen molar-refractivity contribution in [3.05, 3.63) is 0 Å². The molecule has 2 unspecified atom stereocenters. The normalized spacial score (nSPS) is 42.0. The Balaban J connectivity index is 2.16. The zero-order valence-electron chi connectivity index (χ0n) is 10.3. The van der Waals surface area contributed by atoms with Crippen LogP contribution in [0.25, 0.3) is 0 Å². The van der Waals surface area contributed by atoms with Crippen molar-refractivity contribution >= 4 is 0 Å². The topological polar surface area (TPSA) is 6.48 Å². The van der Waals surface area contributed by atoms with Crippen molar-refractivity contribution in [3.63, 3.8) is 0 Å². The smallest absolute Gasteiger partial charge is 0.0210 e. The highest BCUT2D eigenvalue weighted by molar-refractivity contribution is 5.14. The highest BCUT2D eigenvalue weighted by atomic mass is 15.2. The molecule has 0 N–H and O–H groups in total. The van der Waals surface area contributed by atoms with E-state index in [0.29, 0.717) is 10.8 Å². The van der Waals surface area contributed by atoms with Gasteiger partial charge in [0.1, 0.15) is 0 Å². The van der Waals surface area contributed by atoms with E-state index in [2.05, 4.69) is 44.8 Å². The van der Waals surface area contributed by atoms with Gasteiger partial charge in [-0.3, -0.25) is 0 Å². The standard InChI is InChI=1S/C12H24N2/c1-11(2)8-12(10(11)13(3)4)6-7-14(5)9-12/h10H,6-9H2,1-5H3. The average Bonchev–Trinajstić information content (AvgIpc) is 2.28. The Morgan fingerprint density at radius 2 is 1.93 bits per heavy atom. The fraction of sp³-hybridized carbons (Fsp3) is 1.00. The molecule has 0 aromatic heterocycles. The predicted molar refractivity (Wildman–Crippen MR) is 60.4 cm³/mol. The summed E-state index contributed by atoms with van der Waals surface area (Å²) in [4.78, 5) is 4.94. The second-order valence-electron chi connectivity index (χ2n) is 6.38. The van der Waals surface area contributed by atoms with Crippen LogP contribution in [0.2, 0.25) is 0 Å². The van der Waals surface area contributed by atoms with E-state index >= 15 is 0 Å². The van der Waals surface area contributed by atoms with Gasteiger partial charge in [-0.05, 0) is 45.9 Å². The summed E-state index contributed by atoms with van der Waals surface area (Å²) in [6.45, 7) is 7.43. The summed E-state index contributed by atoms with van der Waals surface area (Å²) in [5, 5.41) is 0. The fourth-order valence-corrected chi connectivity index (χ4v) is 4.52. The molecule has 1 aliphatic carbocycles. The highest BCUT2D eigenvalue weighted by Crippen LogP contribution is 2.59. The largest absolute Gasteiger partial charge is 0.306 e. The van der Waals surface area contributed by atoms with Crippen molar-refractivity contribution in [2.24, 2.45) is 10.8 Å². The fourth-order valence-electron chi connectivity index (χ4n) is 4.52. The molecule has 2 nitrogen and oxygen atoms in total. The maximum Gasteiger partial charge on any atom is 0.0210 e. The van der Waals surface area contributed by atoms with Crippen LogP contribution in [-0.4, -0.2) is 50.1 Å². The van der Waals surface area contributed by atoms with E-state index in [1.165, 1.54) is 25.9 Å². The Hall–Kier alpha value is -0.0800. The van der Waals surface area contributed by atoms with Gasteiger partial charge in [0.2, 0.25) is 0 Å². The lowest BCUT2D eigenvalue weighted by Gasteiger charge is -2.62. The van der Waals surface area contributed by atoms with Crippen LogP contribution in [0, 0.1) is 10.8 Å². The predicted octanol–water partition coefficient (Wildman–Crippen LogP) is 1.67. The van der Waals surface area contributed by atoms with Crippen molar-refractivity contribution in [2.45, 2.75) is 32.7 Å². The monoisotopic (exact) mass is 196 g/mol. The van der Waals surface area contributed by atoms with E-state index < -0.39 is 0 Å². The van der Waals surface area contributed by atoms with Crippen LogP contribution in [0.1, 0.15) is 26.7 Å². The van der Waals surface area contributed by atoms with Crippen molar-refractivity contribution in [1.29, 1.82) is 0 Å². The minimum Gasteiger partial charge on any atom is -0.306 e. The van der Waals surface area contributed by atoms with E-state index in [-0.39, 0.29) is 0 Å². The third-order valence-electron chi connectivity index (χ3n) is 4.22. The molecule has 2 rings (SSSR count). The van der Waals surface area contributed by atoms with E-state index in [1.54, 1.807) is 0 Å². The summed E-state index contributed by atoms with van der Waals surface area (Å²) >= 11 is 0. The number of hydrogen-bond acceptors (Lipinski definition) is 2. The number of nitrogens with zero attached hydrogens (tertiary/aromatic N) is 2.